The van der Waals surface area contributed by atoms with Gasteiger partial charge in [-0.15, -0.1) is 0 Å². The molecule has 2 N–H and O–H groups in total. The molecule has 2 heterocycles. The zero-order valence-electron chi connectivity index (χ0n) is 11.1. The van der Waals surface area contributed by atoms with Gasteiger partial charge in [-0.05, 0) is 25.0 Å². The Morgan fingerprint density at radius 1 is 1.68 bits per heavy atom. The molecule has 1 fully saturated rings. The zero-order valence-corrected chi connectivity index (χ0v) is 11.1. The third-order valence-electron chi connectivity index (χ3n) is 3.61. The van der Waals surface area contributed by atoms with Gasteiger partial charge >= 0.3 is 0 Å². The predicted octanol–water partition coefficient (Wildman–Crippen LogP) is 0.670. The number of carbonyl (C=O) groups excluding carboxylic acids is 1. The fourth-order valence-electron chi connectivity index (χ4n) is 2.15. The Bertz CT molecular complexity index is 424. The monoisotopic (exact) mass is 264 g/mol. The molecule has 5 heteroatoms. The van der Waals surface area contributed by atoms with E-state index < -0.39 is 5.60 Å². The first-order chi connectivity index (χ1) is 9.10. The van der Waals surface area contributed by atoms with Crippen LogP contribution in [0.2, 0.25) is 0 Å². The van der Waals surface area contributed by atoms with Crippen molar-refractivity contribution in [1.29, 1.82) is 0 Å². The summed E-state index contributed by atoms with van der Waals surface area (Å²) in [6.45, 7) is 2.62. The van der Waals surface area contributed by atoms with Gasteiger partial charge in [0.15, 0.2) is 0 Å². The molecule has 1 aliphatic heterocycles. The molecule has 19 heavy (non-hydrogen) atoms. The maximum atomic E-state index is 11.7. The molecule has 104 valence electrons. The molecule has 2 rings (SSSR count). The van der Waals surface area contributed by atoms with Crippen LogP contribution in [-0.2, 0) is 16.0 Å². The first-order valence-corrected chi connectivity index (χ1v) is 6.60. The van der Waals surface area contributed by atoms with E-state index in [9.17, 15) is 9.90 Å². The van der Waals surface area contributed by atoms with Crippen molar-refractivity contribution in [3.8, 4) is 0 Å². The number of rotatable bonds is 5. The quantitative estimate of drug-likeness (QED) is 0.820. The number of ether oxygens (including phenoxy) is 1. The minimum Gasteiger partial charge on any atom is -0.385 e. The van der Waals surface area contributed by atoms with Gasteiger partial charge < -0.3 is 15.2 Å². The number of carbonyl (C=O) groups is 1. The smallest absolute Gasteiger partial charge is 0.220 e. The van der Waals surface area contributed by atoms with Crippen LogP contribution in [-0.4, -0.2) is 40.9 Å². The lowest BCUT2D eigenvalue weighted by molar-refractivity contribution is -0.122. The highest BCUT2D eigenvalue weighted by molar-refractivity contribution is 5.76. The van der Waals surface area contributed by atoms with Crippen molar-refractivity contribution < 1.29 is 14.6 Å². The summed E-state index contributed by atoms with van der Waals surface area (Å²) >= 11 is 0. The molecule has 1 aromatic rings. The van der Waals surface area contributed by atoms with Crippen LogP contribution < -0.4 is 5.32 Å². The topological polar surface area (TPSA) is 71.5 Å². The molecular weight excluding hydrogens is 244 g/mol. The van der Waals surface area contributed by atoms with E-state index >= 15 is 0 Å². The average molecular weight is 264 g/mol. The number of aliphatic hydroxyl groups is 1. The second-order valence-electron chi connectivity index (χ2n) is 5.00. The van der Waals surface area contributed by atoms with E-state index in [4.69, 9.17) is 4.74 Å². The Labute approximate surface area is 113 Å². The number of nitrogens with zero attached hydrogens (tertiary/aromatic N) is 1. The Kier molecular flexibility index (Phi) is 4.50. The summed E-state index contributed by atoms with van der Waals surface area (Å²) in [6, 6.07) is 3.80. The number of hydrogen-bond donors (Lipinski definition) is 2. The summed E-state index contributed by atoms with van der Waals surface area (Å²) in [5.74, 6) is -0.0589. The number of aryl methyl sites for hydroxylation is 1. The Balaban J connectivity index is 1.73. The highest BCUT2D eigenvalue weighted by Crippen LogP contribution is 2.24. The minimum atomic E-state index is -0.927. The fraction of sp³-hybridized carbons (Fsp3) is 0.571. The maximum Gasteiger partial charge on any atom is 0.220 e. The van der Waals surface area contributed by atoms with Crippen molar-refractivity contribution in [3.05, 3.63) is 30.1 Å². The normalized spacial score (nSPS) is 26.3. The highest BCUT2D eigenvalue weighted by Gasteiger charge is 2.39. The van der Waals surface area contributed by atoms with Crippen molar-refractivity contribution in [2.24, 2.45) is 0 Å². The van der Waals surface area contributed by atoms with E-state index in [1.54, 1.807) is 12.4 Å². The zero-order chi connectivity index (χ0) is 13.7. The fourth-order valence-corrected chi connectivity index (χ4v) is 2.15. The number of amides is 1. The molecular formula is C14H20N2O3. The SMILES string of the molecule is CC1OCCC1(O)CNC(=O)CCc1cccnc1. The predicted molar refractivity (Wildman–Crippen MR) is 70.5 cm³/mol. The molecule has 0 spiro atoms. The van der Waals surface area contributed by atoms with Crippen LogP contribution in [0, 0.1) is 0 Å². The van der Waals surface area contributed by atoms with Gasteiger partial charge in [-0.1, -0.05) is 6.07 Å². The van der Waals surface area contributed by atoms with Crippen LogP contribution in [0.15, 0.2) is 24.5 Å². The van der Waals surface area contributed by atoms with Crippen LogP contribution >= 0.6 is 0 Å². The first-order valence-electron chi connectivity index (χ1n) is 6.60. The molecule has 2 atom stereocenters. The third kappa shape index (κ3) is 3.75. The first kappa shape index (κ1) is 14.0. The van der Waals surface area contributed by atoms with E-state index in [0.29, 0.717) is 25.9 Å². The van der Waals surface area contributed by atoms with E-state index in [0.717, 1.165) is 5.56 Å². The minimum absolute atomic E-state index is 0.0589. The summed E-state index contributed by atoms with van der Waals surface area (Å²) < 4.78 is 5.32. The van der Waals surface area contributed by atoms with Crippen molar-refractivity contribution in [1.82, 2.24) is 10.3 Å². The van der Waals surface area contributed by atoms with Crippen LogP contribution in [0.25, 0.3) is 0 Å². The highest BCUT2D eigenvalue weighted by atomic mass is 16.5. The van der Waals surface area contributed by atoms with E-state index in [2.05, 4.69) is 10.3 Å². The van der Waals surface area contributed by atoms with Gasteiger partial charge in [-0.2, -0.15) is 0 Å². The summed E-state index contributed by atoms with van der Waals surface area (Å²) in [6.07, 6.45) is 4.86. The van der Waals surface area contributed by atoms with Crippen LogP contribution in [0.4, 0.5) is 0 Å². The second-order valence-corrected chi connectivity index (χ2v) is 5.00. The van der Waals surface area contributed by atoms with Crippen LogP contribution in [0.1, 0.15) is 25.3 Å². The number of pyridine rings is 1. The van der Waals surface area contributed by atoms with E-state index in [1.807, 2.05) is 19.1 Å². The molecule has 0 aromatic carbocycles. The van der Waals surface area contributed by atoms with Gasteiger partial charge in [-0.3, -0.25) is 9.78 Å². The molecule has 2 unspecified atom stereocenters. The molecule has 0 radical (unpaired) electrons. The van der Waals surface area contributed by atoms with E-state index in [1.165, 1.54) is 0 Å². The molecule has 1 aromatic heterocycles. The molecule has 0 bridgehead atoms. The maximum absolute atomic E-state index is 11.7. The number of hydrogen-bond acceptors (Lipinski definition) is 4. The Hall–Kier alpha value is -1.46. The third-order valence-corrected chi connectivity index (χ3v) is 3.61. The van der Waals surface area contributed by atoms with Crippen molar-refractivity contribution in [2.75, 3.05) is 13.2 Å². The standard InChI is InChI=1S/C14H20N2O3/c1-11-14(18,6-8-19-11)10-16-13(17)5-4-12-3-2-7-15-9-12/h2-3,7,9,11,18H,4-6,8,10H2,1H3,(H,16,17). The van der Waals surface area contributed by atoms with Crippen LogP contribution in [0.3, 0.4) is 0 Å². The second kappa shape index (κ2) is 6.12. The molecule has 1 amide bonds. The van der Waals surface area contributed by atoms with Crippen molar-refractivity contribution in [3.63, 3.8) is 0 Å². The lowest BCUT2D eigenvalue weighted by atomic mass is 9.96. The lowest BCUT2D eigenvalue weighted by Crippen LogP contribution is -2.47. The van der Waals surface area contributed by atoms with E-state index in [-0.39, 0.29) is 18.6 Å². The summed E-state index contributed by atoms with van der Waals surface area (Å²) in [7, 11) is 0. The summed E-state index contributed by atoms with van der Waals surface area (Å²) in [4.78, 5) is 15.7. The molecule has 0 aliphatic carbocycles. The molecule has 1 aliphatic rings. The van der Waals surface area contributed by atoms with Crippen molar-refractivity contribution in [2.45, 2.75) is 37.9 Å². The largest absolute Gasteiger partial charge is 0.385 e. The summed E-state index contributed by atoms with van der Waals surface area (Å²) in [5.41, 5.74) is 0.109. The van der Waals surface area contributed by atoms with Crippen molar-refractivity contribution >= 4 is 5.91 Å². The summed E-state index contributed by atoms with van der Waals surface area (Å²) in [5, 5.41) is 13.0. The number of nitrogens with one attached hydrogen (secondary N) is 1. The Morgan fingerprint density at radius 3 is 3.16 bits per heavy atom. The average Bonchev–Trinajstić information content (AvgIpc) is 2.76. The molecule has 0 saturated carbocycles. The van der Waals surface area contributed by atoms with Gasteiger partial charge in [0, 0.05) is 38.4 Å². The van der Waals surface area contributed by atoms with Gasteiger partial charge in [0.2, 0.25) is 5.91 Å². The molecule has 5 nitrogen and oxygen atoms in total. The van der Waals surface area contributed by atoms with Gasteiger partial charge in [-0.25, -0.2) is 0 Å². The molecule has 1 saturated heterocycles. The Morgan fingerprint density at radius 2 is 2.53 bits per heavy atom. The van der Waals surface area contributed by atoms with Gasteiger partial charge in [0.1, 0.15) is 5.60 Å². The lowest BCUT2D eigenvalue weighted by Gasteiger charge is -2.26. The number of aromatic nitrogens is 1. The van der Waals surface area contributed by atoms with Gasteiger partial charge in [0.05, 0.1) is 6.10 Å². The van der Waals surface area contributed by atoms with Gasteiger partial charge in [0.25, 0.3) is 0 Å². The van der Waals surface area contributed by atoms with Crippen LogP contribution in [0.5, 0.6) is 0 Å².